The van der Waals surface area contributed by atoms with Gasteiger partial charge in [-0.15, -0.1) is 11.3 Å². The van der Waals surface area contributed by atoms with E-state index in [0.29, 0.717) is 6.04 Å². The van der Waals surface area contributed by atoms with Crippen LogP contribution in [0, 0.1) is 0 Å². The summed E-state index contributed by atoms with van der Waals surface area (Å²) in [4.78, 5) is 4.23. The number of nitrogens with one attached hydrogen (secondary N) is 1. The molecular formula is C15H26N2S. The first-order valence-corrected chi connectivity index (χ1v) is 8.03. The van der Waals surface area contributed by atoms with Gasteiger partial charge < -0.3 is 5.32 Å². The first-order chi connectivity index (χ1) is 8.62. The Labute approximate surface area is 115 Å². The van der Waals surface area contributed by atoms with Gasteiger partial charge in [-0.2, -0.15) is 0 Å². The van der Waals surface area contributed by atoms with Gasteiger partial charge in [-0.1, -0.05) is 19.4 Å². The molecule has 0 radical (unpaired) electrons. The Morgan fingerprint density at radius 3 is 3.00 bits per heavy atom. The second-order valence-corrected chi connectivity index (χ2v) is 6.93. The third-order valence-corrected chi connectivity index (χ3v) is 4.67. The molecular weight excluding hydrogens is 240 g/mol. The average molecular weight is 266 g/mol. The second-order valence-electron chi connectivity index (χ2n) is 5.95. The maximum Gasteiger partial charge on any atom is 0.0442 e. The van der Waals surface area contributed by atoms with Gasteiger partial charge in [0, 0.05) is 29.5 Å². The molecule has 0 amide bonds. The molecule has 0 aromatic carbocycles. The summed E-state index contributed by atoms with van der Waals surface area (Å²) in [6.45, 7) is 10.5. The van der Waals surface area contributed by atoms with E-state index in [9.17, 15) is 0 Å². The van der Waals surface area contributed by atoms with Crippen molar-refractivity contribution in [2.75, 3.05) is 19.6 Å². The van der Waals surface area contributed by atoms with Crippen molar-refractivity contribution in [2.45, 2.75) is 51.6 Å². The van der Waals surface area contributed by atoms with Gasteiger partial charge in [0.15, 0.2) is 0 Å². The van der Waals surface area contributed by atoms with Crippen LogP contribution in [0.3, 0.4) is 0 Å². The van der Waals surface area contributed by atoms with Crippen molar-refractivity contribution in [2.24, 2.45) is 0 Å². The number of rotatable bonds is 4. The van der Waals surface area contributed by atoms with Crippen LogP contribution in [0.4, 0.5) is 0 Å². The summed E-state index contributed by atoms with van der Waals surface area (Å²) in [7, 11) is 0. The standard InChI is InChI=1S/C15H26N2S/c1-4-7-13(14-8-5-11-18-14)17-10-6-9-16-15(2,3)12-17/h5,8,11,13,16H,4,6-7,9-10,12H2,1-3H3. The van der Waals surface area contributed by atoms with Gasteiger partial charge in [0.1, 0.15) is 0 Å². The summed E-state index contributed by atoms with van der Waals surface area (Å²) >= 11 is 1.91. The predicted octanol–water partition coefficient (Wildman–Crippen LogP) is 3.66. The first kappa shape index (κ1) is 14.0. The second kappa shape index (κ2) is 6.18. The minimum absolute atomic E-state index is 0.236. The summed E-state index contributed by atoms with van der Waals surface area (Å²) in [6, 6.07) is 5.11. The Kier molecular flexibility index (Phi) is 4.82. The van der Waals surface area contributed by atoms with E-state index < -0.39 is 0 Å². The molecule has 0 spiro atoms. The van der Waals surface area contributed by atoms with E-state index in [2.05, 4.69) is 48.5 Å². The van der Waals surface area contributed by atoms with E-state index in [4.69, 9.17) is 0 Å². The Morgan fingerprint density at radius 1 is 1.50 bits per heavy atom. The molecule has 0 saturated carbocycles. The Balaban J connectivity index is 2.14. The molecule has 1 N–H and O–H groups in total. The molecule has 102 valence electrons. The molecule has 1 atom stereocenters. The zero-order valence-electron chi connectivity index (χ0n) is 11.9. The van der Waals surface area contributed by atoms with E-state index in [1.54, 1.807) is 0 Å². The minimum atomic E-state index is 0.236. The van der Waals surface area contributed by atoms with Gasteiger partial charge >= 0.3 is 0 Å². The van der Waals surface area contributed by atoms with Crippen LogP contribution in [0.1, 0.15) is 51.0 Å². The van der Waals surface area contributed by atoms with E-state index >= 15 is 0 Å². The number of nitrogens with zero attached hydrogens (tertiary/aromatic N) is 1. The summed E-state index contributed by atoms with van der Waals surface area (Å²) in [5.74, 6) is 0. The highest BCUT2D eigenvalue weighted by molar-refractivity contribution is 7.10. The van der Waals surface area contributed by atoms with Crippen LogP contribution in [0.15, 0.2) is 17.5 Å². The fourth-order valence-electron chi connectivity index (χ4n) is 2.88. The highest BCUT2D eigenvalue weighted by Gasteiger charge is 2.29. The van der Waals surface area contributed by atoms with Gasteiger partial charge in [0.05, 0.1) is 0 Å². The summed E-state index contributed by atoms with van der Waals surface area (Å²) in [5, 5.41) is 5.86. The summed E-state index contributed by atoms with van der Waals surface area (Å²) in [5.41, 5.74) is 0.236. The highest BCUT2D eigenvalue weighted by Crippen LogP contribution is 2.31. The van der Waals surface area contributed by atoms with Crippen molar-refractivity contribution in [3.63, 3.8) is 0 Å². The summed E-state index contributed by atoms with van der Waals surface area (Å²) < 4.78 is 0. The molecule has 3 heteroatoms. The van der Waals surface area contributed by atoms with Crippen LogP contribution < -0.4 is 5.32 Å². The van der Waals surface area contributed by atoms with Crippen LogP contribution in [-0.4, -0.2) is 30.1 Å². The maximum atomic E-state index is 3.65. The molecule has 18 heavy (non-hydrogen) atoms. The van der Waals surface area contributed by atoms with Crippen molar-refractivity contribution < 1.29 is 0 Å². The molecule has 1 aromatic rings. The topological polar surface area (TPSA) is 15.3 Å². The smallest absolute Gasteiger partial charge is 0.0442 e. The lowest BCUT2D eigenvalue weighted by atomic mass is 10.0. The molecule has 1 unspecified atom stereocenters. The molecule has 1 aliphatic heterocycles. The molecule has 2 nitrogen and oxygen atoms in total. The molecule has 1 saturated heterocycles. The first-order valence-electron chi connectivity index (χ1n) is 7.15. The monoisotopic (exact) mass is 266 g/mol. The van der Waals surface area contributed by atoms with Crippen LogP contribution in [0.2, 0.25) is 0 Å². The summed E-state index contributed by atoms with van der Waals surface area (Å²) in [6.07, 6.45) is 3.79. The van der Waals surface area contributed by atoms with Gasteiger partial charge in [-0.05, 0) is 44.7 Å². The van der Waals surface area contributed by atoms with Gasteiger partial charge in [0.25, 0.3) is 0 Å². The van der Waals surface area contributed by atoms with E-state index in [1.807, 2.05) is 11.3 Å². The largest absolute Gasteiger partial charge is 0.310 e. The Morgan fingerprint density at radius 2 is 2.33 bits per heavy atom. The van der Waals surface area contributed by atoms with Gasteiger partial charge in [-0.3, -0.25) is 4.90 Å². The molecule has 1 aromatic heterocycles. The van der Waals surface area contributed by atoms with Crippen LogP contribution >= 0.6 is 11.3 Å². The predicted molar refractivity (Wildman–Crippen MR) is 80.2 cm³/mol. The van der Waals surface area contributed by atoms with Crippen molar-refractivity contribution in [1.82, 2.24) is 10.2 Å². The number of thiophene rings is 1. The lowest BCUT2D eigenvalue weighted by molar-refractivity contribution is 0.163. The van der Waals surface area contributed by atoms with Crippen molar-refractivity contribution in [3.05, 3.63) is 22.4 Å². The van der Waals surface area contributed by atoms with E-state index in [0.717, 1.165) is 13.1 Å². The van der Waals surface area contributed by atoms with E-state index in [1.165, 1.54) is 30.7 Å². The maximum absolute atomic E-state index is 3.65. The molecule has 1 fully saturated rings. The fraction of sp³-hybridized carbons (Fsp3) is 0.733. The SMILES string of the molecule is CCCC(c1cccs1)N1CCCNC(C)(C)C1. The van der Waals surface area contributed by atoms with Gasteiger partial charge in [0.2, 0.25) is 0 Å². The van der Waals surface area contributed by atoms with E-state index in [-0.39, 0.29) is 5.54 Å². The normalized spacial score (nSPS) is 22.6. The molecule has 2 rings (SSSR count). The highest BCUT2D eigenvalue weighted by atomic mass is 32.1. The fourth-order valence-corrected chi connectivity index (χ4v) is 3.77. The number of hydrogen-bond acceptors (Lipinski definition) is 3. The molecule has 0 bridgehead atoms. The third kappa shape index (κ3) is 3.56. The zero-order chi connectivity index (χ0) is 13.0. The molecule has 1 aliphatic rings. The van der Waals surface area contributed by atoms with Crippen LogP contribution in [-0.2, 0) is 0 Å². The Bertz CT molecular complexity index is 345. The van der Waals surface area contributed by atoms with Crippen LogP contribution in [0.5, 0.6) is 0 Å². The molecule has 0 aliphatic carbocycles. The number of hydrogen-bond donors (Lipinski definition) is 1. The van der Waals surface area contributed by atoms with Crippen molar-refractivity contribution in [1.29, 1.82) is 0 Å². The zero-order valence-corrected chi connectivity index (χ0v) is 12.7. The minimum Gasteiger partial charge on any atom is -0.310 e. The quantitative estimate of drug-likeness (QED) is 0.894. The lowest BCUT2D eigenvalue weighted by Gasteiger charge is -2.35. The van der Waals surface area contributed by atoms with Crippen molar-refractivity contribution in [3.8, 4) is 0 Å². The third-order valence-electron chi connectivity index (χ3n) is 3.70. The van der Waals surface area contributed by atoms with Crippen LogP contribution in [0.25, 0.3) is 0 Å². The lowest BCUT2D eigenvalue weighted by Crippen LogP contribution is -2.47. The average Bonchev–Trinajstić information content (AvgIpc) is 2.77. The Hall–Kier alpha value is -0.380. The van der Waals surface area contributed by atoms with Crippen molar-refractivity contribution >= 4 is 11.3 Å². The molecule has 2 heterocycles. The van der Waals surface area contributed by atoms with Gasteiger partial charge in [-0.25, -0.2) is 0 Å².